The molecule has 1 unspecified atom stereocenters. The molecule has 6 nitrogen and oxygen atoms in total. The van der Waals surface area contributed by atoms with Gasteiger partial charge in [-0.25, -0.2) is 0 Å². The van der Waals surface area contributed by atoms with Crippen molar-refractivity contribution in [3.05, 3.63) is 36.4 Å². The lowest BCUT2D eigenvalue weighted by molar-refractivity contribution is -0.754. The Morgan fingerprint density at radius 2 is 1.78 bits per heavy atom. The minimum absolute atomic E-state index is 0.0505. The fourth-order valence-electron chi connectivity index (χ4n) is 3.99. The van der Waals surface area contributed by atoms with E-state index in [4.69, 9.17) is 11.6 Å². The highest BCUT2D eigenvalue weighted by Crippen LogP contribution is 2.32. The number of rotatable bonds is 6. The molecule has 1 fully saturated rings. The van der Waals surface area contributed by atoms with Gasteiger partial charge in [-0.2, -0.15) is 17.6 Å². The summed E-state index contributed by atoms with van der Waals surface area (Å²) in [6.45, 7) is 0. The number of alkyl halides is 1. The lowest BCUT2D eigenvalue weighted by atomic mass is 9.98. The van der Waals surface area contributed by atoms with E-state index in [2.05, 4.69) is 0 Å². The Bertz CT molecular complexity index is 927. The molecule has 0 aliphatic heterocycles. The summed E-state index contributed by atoms with van der Waals surface area (Å²) < 4.78 is 37.2. The van der Waals surface area contributed by atoms with Gasteiger partial charge < -0.3 is 5.11 Å². The molecule has 27 heavy (non-hydrogen) atoms. The van der Waals surface area contributed by atoms with Crippen LogP contribution in [-0.2, 0) is 17.2 Å². The van der Waals surface area contributed by atoms with Gasteiger partial charge in [0, 0.05) is 24.6 Å². The topological polar surface area (TPSA) is 82.4 Å². The SMILES string of the molecule is C[n+]1c(O)cccc1-c1cccc(S(=O)(=O)O)[n+]1C(CCl)CC1CCCC1. The van der Waals surface area contributed by atoms with Crippen molar-refractivity contribution in [2.45, 2.75) is 43.2 Å². The summed E-state index contributed by atoms with van der Waals surface area (Å²) in [7, 11) is -2.75. The third-order valence-corrected chi connectivity index (χ3v) is 6.56. The Labute approximate surface area is 164 Å². The highest BCUT2D eigenvalue weighted by atomic mass is 35.5. The highest BCUT2D eigenvalue weighted by Gasteiger charge is 2.37. The number of hydrogen-bond acceptors (Lipinski definition) is 3. The number of halogens is 1. The Hall–Kier alpha value is -1.70. The Kier molecular flexibility index (Phi) is 6.03. The second kappa shape index (κ2) is 8.12. The minimum atomic E-state index is -4.44. The molecule has 2 aromatic rings. The molecule has 0 aromatic carbocycles. The van der Waals surface area contributed by atoms with E-state index in [1.807, 2.05) is 0 Å². The van der Waals surface area contributed by atoms with Crippen molar-refractivity contribution in [2.24, 2.45) is 13.0 Å². The number of aromatic nitrogens is 2. The summed E-state index contributed by atoms with van der Waals surface area (Å²) in [5.41, 5.74) is 1.20. The van der Waals surface area contributed by atoms with Crippen LogP contribution in [0.3, 0.4) is 0 Å². The molecule has 0 saturated heterocycles. The first-order valence-corrected chi connectivity index (χ1v) is 11.1. The van der Waals surface area contributed by atoms with Crippen molar-refractivity contribution in [2.75, 3.05) is 5.88 Å². The van der Waals surface area contributed by atoms with E-state index in [9.17, 15) is 18.1 Å². The number of hydrogen-bond donors (Lipinski definition) is 2. The second-order valence-corrected chi connectivity index (χ2v) is 8.79. The van der Waals surface area contributed by atoms with Gasteiger partial charge >= 0.3 is 21.0 Å². The van der Waals surface area contributed by atoms with Gasteiger partial charge in [0.15, 0.2) is 6.04 Å². The van der Waals surface area contributed by atoms with Crippen LogP contribution in [0.2, 0.25) is 0 Å². The summed E-state index contributed by atoms with van der Waals surface area (Å²) in [4.78, 5) is 0. The van der Waals surface area contributed by atoms with E-state index in [1.165, 1.54) is 18.9 Å². The van der Waals surface area contributed by atoms with Crippen LogP contribution < -0.4 is 9.13 Å². The molecule has 146 valence electrons. The number of pyridine rings is 2. The molecule has 0 spiro atoms. The van der Waals surface area contributed by atoms with Gasteiger partial charge in [0.2, 0.25) is 0 Å². The van der Waals surface area contributed by atoms with Crippen molar-refractivity contribution < 1.29 is 27.2 Å². The average molecular weight is 413 g/mol. The Morgan fingerprint density at radius 3 is 2.41 bits per heavy atom. The number of aromatic hydroxyl groups is 1. The van der Waals surface area contributed by atoms with E-state index in [0.29, 0.717) is 17.3 Å². The molecular formula is C19H25ClN2O4S+2. The maximum Gasteiger partial charge on any atom is 0.365 e. The van der Waals surface area contributed by atoms with Crippen molar-refractivity contribution >= 4 is 21.7 Å². The van der Waals surface area contributed by atoms with Gasteiger partial charge in [-0.05, 0) is 18.1 Å². The van der Waals surface area contributed by atoms with Crippen LogP contribution in [0.5, 0.6) is 5.88 Å². The van der Waals surface area contributed by atoms with Crippen LogP contribution in [0.15, 0.2) is 41.4 Å². The van der Waals surface area contributed by atoms with E-state index >= 15 is 0 Å². The zero-order valence-electron chi connectivity index (χ0n) is 15.3. The van der Waals surface area contributed by atoms with Crippen molar-refractivity contribution in [3.8, 4) is 17.3 Å². The molecular weight excluding hydrogens is 388 g/mol. The van der Waals surface area contributed by atoms with Gasteiger partial charge in [0.05, 0.1) is 11.9 Å². The van der Waals surface area contributed by atoms with Gasteiger partial charge in [-0.1, -0.05) is 25.7 Å². The summed E-state index contributed by atoms with van der Waals surface area (Å²) in [6, 6.07) is 9.50. The maximum atomic E-state index is 12.1. The predicted octanol–water partition coefficient (Wildman–Crippen LogP) is 2.78. The van der Waals surface area contributed by atoms with Crippen LogP contribution in [0.4, 0.5) is 0 Å². The van der Waals surface area contributed by atoms with Crippen molar-refractivity contribution in [1.29, 1.82) is 0 Å². The van der Waals surface area contributed by atoms with Gasteiger partial charge in [0.25, 0.3) is 11.4 Å². The highest BCUT2D eigenvalue weighted by molar-refractivity contribution is 7.85. The first-order valence-electron chi connectivity index (χ1n) is 9.09. The van der Waals surface area contributed by atoms with E-state index in [1.54, 1.807) is 46.5 Å². The fraction of sp³-hybridized carbons (Fsp3) is 0.474. The summed E-state index contributed by atoms with van der Waals surface area (Å²) in [6.07, 6.45) is 5.32. The predicted molar refractivity (Wildman–Crippen MR) is 101 cm³/mol. The molecule has 1 saturated carbocycles. The van der Waals surface area contributed by atoms with Gasteiger partial charge in [0.1, 0.15) is 7.05 Å². The van der Waals surface area contributed by atoms with Crippen LogP contribution >= 0.6 is 11.6 Å². The Balaban J connectivity index is 2.20. The molecule has 1 aliphatic carbocycles. The number of nitrogens with zero attached hydrogens (tertiary/aromatic N) is 2. The van der Waals surface area contributed by atoms with Crippen molar-refractivity contribution in [1.82, 2.24) is 0 Å². The van der Waals surface area contributed by atoms with E-state index in [-0.39, 0.29) is 22.8 Å². The molecule has 0 radical (unpaired) electrons. The summed E-state index contributed by atoms with van der Waals surface area (Å²) >= 11 is 6.28. The van der Waals surface area contributed by atoms with Crippen LogP contribution in [0.25, 0.3) is 11.4 Å². The van der Waals surface area contributed by atoms with E-state index < -0.39 is 10.1 Å². The summed E-state index contributed by atoms with van der Waals surface area (Å²) in [5, 5.41) is 9.88. The van der Waals surface area contributed by atoms with E-state index in [0.717, 1.165) is 19.3 Å². The minimum Gasteiger partial charge on any atom is -0.460 e. The molecule has 1 atom stereocenters. The molecule has 2 aromatic heterocycles. The van der Waals surface area contributed by atoms with Crippen LogP contribution in [-0.4, -0.2) is 24.0 Å². The normalized spacial score (nSPS) is 16.6. The quantitative estimate of drug-likeness (QED) is 0.434. The standard InChI is InChI=1S/C19H23ClN2O4S/c1-21-16(8-4-10-18(21)23)17-9-5-11-19(27(24,25)26)22(17)15(13-20)12-14-6-2-3-7-14/h4-5,8-11,14-15H,2-3,6-7,12-13H2,1H3/p+2. The molecule has 2 heterocycles. The first kappa shape index (κ1) is 20.0. The molecule has 8 heteroatoms. The molecule has 3 rings (SSSR count). The largest absolute Gasteiger partial charge is 0.460 e. The second-order valence-electron chi connectivity index (χ2n) is 7.12. The third kappa shape index (κ3) is 4.25. The van der Waals surface area contributed by atoms with Gasteiger partial charge in [-0.15, -0.1) is 11.6 Å². The van der Waals surface area contributed by atoms with Crippen molar-refractivity contribution in [3.63, 3.8) is 0 Å². The monoisotopic (exact) mass is 412 g/mol. The lowest BCUT2D eigenvalue weighted by Crippen LogP contribution is -2.49. The Morgan fingerprint density at radius 1 is 1.15 bits per heavy atom. The molecule has 1 aliphatic rings. The zero-order valence-corrected chi connectivity index (χ0v) is 16.8. The first-order chi connectivity index (χ1) is 12.8. The molecule has 2 N–H and O–H groups in total. The van der Waals surface area contributed by atoms with Gasteiger partial charge in [-0.3, -0.25) is 4.55 Å². The van der Waals surface area contributed by atoms with Crippen LogP contribution in [0.1, 0.15) is 38.1 Å². The molecule has 0 bridgehead atoms. The maximum absolute atomic E-state index is 12.1. The third-order valence-electron chi connectivity index (χ3n) is 5.34. The molecule has 0 amide bonds. The fourth-order valence-corrected chi connectivity index (χ4v) is 5.00. The summed E-state index contributed by atoms with van der Waals surface area (Å²) in [5.74, 6) is 0.763. The lowest BCUT2D eigenvalue weighted by Gasteiger charge is -2.17. The smallest absolute Gasteiger partial charge is 0.365 e. The van der Waals surface area contributed by atoms with Crippen LogP contribution in [0, 0.1) is 5.92 Å². The zero-order chi connectivity index (χ0) is 19.6. The average Bonchev–Trinajstić information content (AvgIpc) is 3.14.